The molecule has 0 bridgehead atoms. The third-order valence-electron chi connectivity index (χ3n) is 3.88. The number of carbonyl (C=O) groups is 1. The molecule has 0 unspecified atom stereocenters. The minimum absolute atomic E-state index is 0.0685. The van der Waals surface area contributed by atoms with Gasteiger partial charge < -0.3 is 4.90 Å². The van der Waals surface area contributed by atoms with Crippen molar-refractivity contribution in [3.8, 4) is 11.5 Å². The van der Waals surface area contributed by atoms with Crippen molar-refractivity contribution >= 4 is 5.91 Å². The Morgan fingerprint density at radius 3 is 3.05 bits per heavy atom. The highest BCUT2D eigenvalue weighted by Crippen LogP contribution is 2.17. The molecule has 1 aliphatic rings. The number of rotatable bonds is 3. The molecular weight excluding hydrogens is 284 g/mol. The van der Waals surface area contributed by atoms with Gasteiger partial charge in [0.1, 0.15) is 12.2 Å². The minimum Gasteiger partial charge on any atom is -0.341 e. The van der Waals surface area contributed by atoms with E-state index in [9.17, 15) is 9.59 Å². The SMILES string of the molecule is C[C@H]1CCCN(C(=O)Cn2c(-c3ccccn3)noc2=O)C1. The first-order valence-electron chi connectivity index (χ1n) is 7.41. The highest BCUT2D eigenvalue weighted by Gasteiger charge is 2.23. The molecule has 2 aromatic heterocycles. The lowest BCUT2D eigenvalue weighted by molar-refractivity contribution is -0.133. The van der Waals surface area contributed by atoms with E-state index in [1.54, 1.807) is 29.3 Å². The molecule has 1 atom stereocenters. The van der Waals surface area contributed by atoms with Gasteiger partial charge in [0.15, 0.2) is 0 Å². The summed E-state index contributed by atoms with van der Waals surface area (Å²) in [6.07, 6.45) is 3.74. The predicted octanol–water partition coefficient (Wildman–Crippen LogP) is 1.16. The Morgan fingerprint density at radius 1 is 1.45 bits per heavy atom. The Bertz CT molecular complexity index is 707. The number of amides is 1. The van der Waals surface area contributed by atoms with Gasteiger partial charge >= 0.3 is 5.76 Å². The Morgan fingerprint density at radius 2 is 2.32 bits per heavy atom. The van der Waals surface area contributed by atoms with Gasteiger partial charge in [-0.15, -0.1) is 0 Å². The van der Waals surface area contributed by atoms with E-state index in [1.807, 2.05) is 0 Å². The molecule has 0 spiro atoms. The highest BCUT2D eigenvalue weighted by molar-refractivity contribution is 5.76. The molecule has 3 heterocycles. The molecule has 0 radical (unpaired) electrons. The van der Waals surface area contributed by atoms with Crippen molar-refractivity contribution in [3.63, 3.8) is 0 Å². The highest BCUT2D eigenvalue weighted by atomic mass is 16.5. The standard InChI is InChI=1S/C15H18N4O3/c1-11-5-4-8-18(9-11)13(20)10-19-14(17-22-15(19)21)12-6-2-3-7-16-12/h2-3,6-7,11H,4-5,8-10H2,1H3/t11-/m0/s1. The summed E-state index contributed by atoms with van der Waals surface area (Å²) in [5, 5.41) is 3.74. The van der Waals surface area contributed by atoms with E-state index in [0.717, 1.165) is 25.9 Å². The lowest BCUT2D eigenvalue weighted by Gasteiger charge is -2.30. The van der Waals surface area contributed by atoms with Crippen LogP contribution in [-0.4, -0.2) is 38.6 Å². The molecular formula is C15H18N4O3. The maximum atomic E-state index is 12.4. The predicted molar refractivity (Wildman–Crippen MR) is 79.0 cm³/mol. The number of likely N-dealkylation sites (tertiary alicyclic amines) is 1. The molecule has 7 heteroatoms. The lowest BCUT2D eigenvalue weighted by Crippen LogP contribution is -2.41. The molecule has 0 N–H and O–H groups in total. The Labute approximate surface area is 127 Å². The summed E-state index contributed by atoms with van der Waals surface area (Å²) in [5.74, 6) is 0.0456. The van der Waals surface area contributed by atoms with E-state index < -0.39 is 5.76 Å². The maximum absolute atomic E-state index is 12.4. The van der Waals surface area contributed by atoms with Gasteiger partial charge in [-0.2, -0.15) is 0 Å². The first-order chi connectivity index (χ1) is 10.6. The van der Waals surface area contributed by atoms with Crippen molar-refractivity contribution in [2.45, 2.75) is 26.3 Å². The summed E-state index contributed by atoms with van der Waals surface area (Å²) < 4.78 is 5.95. The van der Waals surface area contributed by atoms with Crippen molar-refractivity contribution < 1.29 is 9.32 Å². The van der Waals surface area contributed by atoms with Gasteiger partial charge in [0.25, 0.3) is 0 Å². The van der Waals surface area contributed by atoms with Crippen LogP contribution in [0.25, 0.3) is 11.5 Å². The molecule has 1 aliphatic heterocycles. The van der Waals surface area contributed by atoms with Crippen LogP contribution in [0.15, 0.2) is 33.7 Å². The average Bonchev–Trinajstić information content (AvgIpc) is 2.89. The molecule has 0 saturated carbocycles. The number of pyridine rings is 1. The Balaban J connectivity index is 1.82. The van der Waals surface area contributed by atoms with Crippen molar-refractivity contribution in [3.05, 3.63) is 34.9 Å². The summed E-state index contributed by atoms with van der Waals surface area (Å²) in [5.41, 5.74) is 0.508. The van der Waals surface area contributed by atoms with Gasteiger partial charge in [0.05, 0.1) is 0 Å². The molecule has 116 valence electrons. The quantitative estimate of drug-likeness (QED) is 0.849. The first kappa shape index (κ1) is 14.5. The van der Waals surface area contributed by atoms with Crippen LogP contribution < -0.4 is 5.76 Å². The second-order valence-electron chi connectivity index (χ2n) is 5.66. The van der Waals surface area contributed by atoms with Crippen LogP contribution >= 0.6 is 0 Å². The Kier molecular flexibility index (Phi) is 4.04. The van der Waals surface area contributed by atoms with Gasteiger partial charge in [-0.25, -0.2) is 9.36 Å². The van der Waals surface area contributed by atoms with Gasteiger partial charge in [0, 0.05) is 19.3 Å². The smallest absolute Gasteiger partial charge is 0.341 e. The fraction of sp³-hybridized carbons (Fsp3) is 0.467. The molecule has 0 aromatic carbocycles. The molecule has 0 aliphatic carbocycles. The molecule has 3 rings (SSSR count). The maximum Gasteiger partial charge on any atom is 0.442 e. The number of carbonyl (C=O) groups excluding carboxylic acids is 1. The Hall–Kier alpha value is -2.44. The summed E-state index contributed by atoms with van der Waals surface area (Å²) in [6, 6.07) is 5.29. The van der Waals surface area contributed by atoms with Crippen LogP contribution in [0.4, 0.5) is 0 Å². The van der Waals surface area contributed by atoms with Crippen LogP contribution in [0.2, 0.25) is 0 Å². The van der Waals surface area contributed by atoms with E-state index >= 15 is 0 Å². The third-order valence-corrected chi connectivity index (χ3v) is 3.88. The summed E-state index contributed by atoms with van der Waals surface area (Å²) >= 11 is 0. The van der Waals surface area contributed by atoms with Crippen molar-refractivity contribution in [1.29, 1.82) is 0 Å². The monoisotopic (exact) mass is 302 g/mol. The van der Waals surface area contributed by atoms with Gasteiger partial charge in [-0.05, 0) is 30.9 Å². The van der Waals surface area contributed by atoms with Crippen LogP contribution in [-0.2, 0) is 11.3 Å². The minimum atomic E-state index is -0.640. The zero-order chi connectivity index (χ0) is 15.5. The lowest BCUT2D eigenvalue weighted by atomic mass is 10.0. The largest absolute Gasteiger partial charge is 0.442 e. The van der Waals surface area contributed by atoms with Gasteiger partial charge in [0.2, 0.25) is 11.7 Å². The van der Waals surface area contributed by atoms with Crippen LogP contribution in [0.3, 0.4) is 0 Å². The van der Waals surface area contributed by atoms with Crippen LogP contribution in [0, 0.1) is 5.92 Å². The number of piperidine rings is 1. The van der Waals surface area contributed by atoms with E-state index in [0.29, 0.717) is 11.6 Å². The van der Waals surface area contributed by atoms with E-state index in [4.69, 9.17) is 4.52 Å². The average molecular weight is 302 g/mol. The van der Waals surface area contributed by atoms with Crippen molar-refractivity contribution in [2.75, 3.05) is 13.1 Å². The zero-order valence-corrected chi connectivity index (χ0v) is 12.4. The summed E-state index contributed by atoms with van der Waals surface area (Å²) in [4.78, 5) is 30.2. The number of hydrogen-bond donors (Lipinski definition) is 0. The second kappa shape index (κ2) is 6.13. The van der Waals surface area contributed by atoms with Crippen LogP contribution in [0.1, 0.15) is 19.8 Å². The molecule has 1 saturated heterocycles. The fourth-order valence-electron chi connectivity index (χ4n) is 2.74. The first-order valence-corrected chi connectivity index (χ1v) is 7.41. The second-order valence-corrected chi connectivity index (χ2v) is 5.66. The van der Waals surface area contributed by atoms with E-state index in [2.05, 4.69) is 17.1 Å². The molecule has 1 fully saturated rings. The van der Waals surface area contributed by atoms with Gasteiger partial charge in [-0.3, -0.25) is 14.3 Å². The topological polar surface area (TPSA) is 81.2 Å². The third kappa shape index (κ3) is 2.93. The van der Waals surface area contributed by atoms with Crippen molar-refractivity contribution in [2.24, 2.45) is 5.92 Å². The fourth-order valence-corrected chi connectivity index (χ4v) is 2.74. The van der Waals surface area contributed by atoms with E-state index in [1.165, 1.54) is 4.57 Å². The van der Waals surface area contributed by atoms with E-state index in [-0.39, 0.29) is 18.3 Å². The molecule has 2 aromatic rings. The molecule has 7 nitrogen and oxygen atoms in total. The van der Waals surface area contributed by atoms with Gasteiger partial charge in [-0.1, -0.05) is 18.1 Å². The molecule has 1 amide bonds. The summed E-state index contributed by atoms with van der Waals surface area (Å²) in [6.45, 7) is 3.53. The van der Waals surface area contributed by atoms with Crippen molar-refractivity contribution in [1.82, 2.24) is 19.6 Å². The zero-order valence-electron chi connectivity index (χ0n) is 12.4. The van der Waals surface area contributed by atoms with Crippen LogP contribution in [0.5, 0.6) is 0 Å². The molecule has 22 heavy (non-hydrogen) atoms. The number of hydrogen-bond acceptors (Lipinski definition) is 5. The summed E-state index contributed by atoms with van der Waals surface area (Å²) in [7, 11) is 0. The normalized spacial score (nSPS) is 18.4. The number of aromatic nitrogens is 3. The number of nitrogens with zero attached hydrogens (tertiary/aromatic N) is 4.